The topological polar surface area (TPSA) is 134 Å². The van der Waals surface area contributed by atoms with Crippen molar-refractivity contribution in [2.75, 3.05) is 6.54 Å². The van der Waals surface area contributed by atoms with Crippen molar-refractivity contribution in [2.24, 2.45) is 0 Å². The van der Waals surface area contributed by atoms with Crippen molar-refractivity contribution >= 4 is 40.4 Å². The number of Topliss-reactive ketones (excluding diaryl/α,β-unsaturated/α-hetero) is 1. The average molecular weight is 580 g/mol. The number of hydrogen-bond donors (Lipinski definition) is 3. The monoisotopic (exact) mass is 579 g/mol. The highest BCUT2D eigenvalue weighted by Gasteiger charge is 2.31. The predicted octanol–water partition coefficient (Wildman–Crippen LogP) is 5.14. The molecule has 0 fully saturated rings. The van der Waals surface area contributed by atoms with Gasteiger partial charge in [0.2, 0.25) is 5.91 Å². The Labute approximate surface area is 249 Å². The number of aromatic nitrogens is 1. The van der Waals surface area contributed by atoms with Crippen molar-refractivity contribution in [3.8, 4) is 11.3 Å². The molecular weight excluding hydrogens is 546 g/mol. The van der Waals surface area contributed by atoms with Crippen LogP contribution < -0.4 is 10.6 Å². The van der Waals surface area contributed by atoms with Gasteiger partial charge in [-0.15, -0.1) is 0 Å². The molecule has 0 saturated heterocycles. The van der Waals surface area contributed by atoms with Gasteiger partial charge in [-0.25, -0.2) is 9.59 Å². The van der Waals surface area contributed by atoms with E-state index in [1.54, 1.807) is 6.92 Å². The molecule has 0 radical (unpaired) electrons. The average Bonchev–Trinajstić information content (AvgIpc) is 3.52. The minimum atomic E-state index is -0.830. The zero-order valence-corrected chi connectivity index (χ0v) is 23.9. The van der Waals surface area contributed by atoms with Gasteiger partial charge in [-0.3, -0.25) is 9.59 Å². The highest BCUT2D eigenvalue weighted by molar-refractivity contribution is 6.15. The number of carbonyl (C=O) groups excluding carboxylic acids is 5. The molecular formula is C34H33N3O6. The molecule has 0 saturated carbocycles. The maximum absolute atomic E-state index is 13.4. The highest BCUT2D eigenvalue weighted by atomic mass is 16.6. The maximum atomic E-state index is 13.4. The number of hydrogen-bond acceptors (Lipinski definition) is 6. The standard InChI is InChI=1S/C34H33N3O6/c1-21(38)10-4-2-7-15-29(37-31(39)23-16-17-26-27(20-23)34(42)43-33(26)41)32(40)35-19-18-25-24-13-8-9-14-28(24)36-30(25)22-11-5-3-6-12-22/h3,5-6,8-9,11-14,16-17,20,29,36H,2,4,7,10,15,18-19H2,1H3,(H,35,40)(H,37,39). The molecule has 9 nitrogen and oxygen atoms in total. The number of benzene rings is 3. The smallest absolute Gasteiger partial charge is 0.346 e. The summed E-state index contributed by atoms with van der Waals surface area (Å²) in [5.41, 5.74) is 4.43. The molecule has 5 rings (SSSR count). The third-order valence-corrected chi connectivity index (χ3v) is 7.60. The van der Waals surface area contributed by atoms with E-state index in [1.165, 1.54) is 18.2 Å². The van der Waals surface area contributed by atoms with E-state index in [0.29, 0.717) is 38.6 Å². The number of unbranched alkanes of at least 4 members (excludes halogenated alkanes) is 2. The van der Waals surface area contributed by atoms with Crippen LogP contribution in [0.25, 0.3) is 22.2 Å². The van der Waals surface area contributed by atoms with Gasteiger partial charge in [-0.2, -0.15) is 0 Å². The van der Waals surface area contributed by atoms with Crippen LogP contribution >= 0.6 is 0 Å². The Morgan fingerprint density at radius 1 is 0.860 bits per heavy atom. The number of para-hydroxylation sites is 1. The van der Waals surface area contributed by atoms with E-state index in [4.69, 9.17) is 0 Å². The van der Waals surface area contributed by atoms with E-state index < -0.39 is 23.9 Å². The Kier molecular flexibility index (Phi) is 9.10. The van der Waals surface area contributed by atoms with Crippen molar-refractivity contribution in [3.05, 3.63) is 95.1 Å². The van der Waals surface area contributed by atoms with Gasteiger partial charge >= 0.3 is 11.9 Å². The first-order valence-corrected chi connectivity index (χ1v) is 14.5. The lowest BCUT2D eigenvalue weighted by Gasteiger charge is -2.19. The summed E-state index contributed by atoms with van der Waals surface area (Å²) in [5, 5.41) is 6.88. The quantitative estimate of drug-likeness (QED) is 0.114. The first-order valence-electron chi connectivity index (χ1n) is 14.5. The van der Waals surface area contributed by atoms with E-state index in [1.807, 2.05) is 48.5 Å². The molecule has 220 valence electrons. The summed E-state index contributed by atoms with van der Waals surface area (Å²) in [6, 6.07) is 21.3. The SMILES string of the molecule is CC(=O)CCCCCC(NC(=O)c1ccc2c(c1)C(=O)OC2=O)C(=O)NCCc1c(-c2ccccc2)[nH]c2ccccc12. The zero-order chi connectivity index (χ0) is 30.3. The number of cyclic esters (lactones) is 2. The van der Waals surface area contributed by atoms with Crippen LogP contribution in [0.3, 0.4) is 0 Å². The molecule has 3 aromatic carbocycles. The fraction of sp³-hybridized carbons (Fsp3) is 0.265. The van der Waals surface area contributed by atoms with E-state index in [-0.39, 0.29) is 28.4 Å². The number of rotatable bonds is 13. The second kappa shape index (κ2) is 13.3. The van der Waals surface area contributed by atoms with Crippen molar-refractivity contribution in [2.45, 2.75) is 51.5 Å². The third kappa shape index (κ3) is 6.89. The van der Waals surface area contributed by atoms with E-state index in [0.717, 1.165) is 34.1 Å². The number of H-pyrrole nitrogens is 1. The predicted molar refractivity (Wildman–Crippen MR) is 162 cm³/mol. The van der Waals surface area contributed by atoms with Crippen LogP contribution in [0.1, 0.15) is 75.7 Å². The van der Waals surface area contributed by atoms with Crippen LogP contribution in [0, 0.1) is 0 Å². The van der Waals surface area contributed by atoms with Gasteiger partial charge in [-0.05, 0) is 61.6 Å². The van der Waals surface area contributed by atoms with E-state index in [9.17, 15) is 24.0 Å². The highest BCUT2D eigenvalue weighted by Crippen LogP contribution is 2.30. The molecule has 1 aliphatic heterocycles. The molecule has 1 unspecified atom stereocenters. The number of nitrogens with one attached hydrogen (secondary N) is 3. The Bertz CT molecular complexity index is 1690. The third-order valence-electron chi connectivity index (χ3n) is 7.60. The van der Waals surface area contributed by atoms with E-state index >= 15 is 0 Å². The molecule has 0 aliphatic carbocycles. The van der Waals surface area contributed by atoms with E-state index in [2.05, 4.69) is 26.4 Å². The lowest BCUT2D eigenvalue weighted by Crippen LogP contribution is -2.47. The van der Waals surface area contributed by atoms with Gasteiger partial charge in [0.1, 0.15) is 11.8 Å². The van der Waals surface area contributed by atoms with Crippen LogP contribution in [0.2, 0.25) is 0 Å². The molecule has 3 N–H and O–H groups in total. The molecule has 43 heavy (non-hydrogen) atoms. The number of aromatic amines is 1. The Morgan fingerprint density at radius 3 is 2.40 bits per heavy atom. The summed E-state index contributed by atoms with van der Waals surface area (Å²) in [4.78, 5) is 65.1. The molecule has 2 amide bonds. The molecule has 2 heterocycles. The van der Waals surface area contributed by atoms with Gasteiger partial charge in [0.15, 0.2) is 0 Å². The fourth-order valence-electron chi connectivity index (χ4n) is 5.38. The van der Waals surface area contributed by atoms with Crippen molar-refractivity contribution in [1.82, 2.24) is 15.6 Å². The van der Waals surface area contributed by atoms with Crippen molar-refractivity contribution < 1.29 is 28.7 Å². The minimum Gasteiger partial charge on any atom is -0.386 e. The first kappa shape index (κ1) is 29.4. The Hall–Kier alpha value is -5.05. The maximum Gasteiger partial charge on any atom is 0.346 e. The summed E-state index contributed by atoms with van der Waals surface area (Å²) in [5.74, 6) is -2.30. The summed E-state index contributed by atoms with van der Waals surface area (Å²) >= 11 is 0. The van der Waals surface area contributed by atoms with Gasteiger partial charge in [0.25, 0.3) is 5.91 Å². The second-order valence-corrected chi connectivity index (χ2v) is 10.7. The number of fused-ring (bicyclic) bond motifs is 2. The summed E-state index contributed by atoms with van der Waals surface area (Å²) in [7, 11) is 0. The molecule has 0 spiro atoms. The first-order chi connectivity index (χ1) is 20.8. The lowest BCUT2D eigenvalue weighted by atomic mass is 10.0. The number of ketones is 1. The molecule has 4 aromatic rings. The molecule has 0 bridgehead atoms. The number of ether oxygens (including phenoxy) is 1. The summed E-state index contributed by atoms with van der Waals surface area (Å²) in [6.07, 6.45) is 3.51. The van der Waals surface area contributed by atoms with Crippen molar-refractivity contribution in [3.63, 3.8) is 0 Å². The number of amides is 2. The van der Waals surface area contributed by atoms with Crippen molar-refractivity contribution in [1.29, 1.82) is 0 Å². The molecule has 9 heteroatoms. The fourth-order valence-corrected chi connectivity index (χ4v) is 5.38. The van der Waals surface area contributed by atoms with Crippen LogP contribution in [-0.2, 0) is 20.7 Å². The van der Waals surface area contributed by atoms with Crippen LogP contribution in [-0.4, -0.2) is 47.1 Å². The Balaban J connectivity index is 1.28. The van der Waals surface area contributed by atoms with Crippen LogP contribution in [0.15, 0.2) is 72.8 Å². The van der Waals surface area contributed by atoms with Gasteiger partial charge in [0, 0.05) is 35.1 Å². The lowest BCUT2D eigenvalue weighted by molar-refractivity contribution is -0.123. The summed E-state index contributed by atoms with van der Waals surface area (Å²) < 4.78 is 4.62. The number of carbonyl (C=O) groups is 5. The second-order valence-electron chi connectivity index (χ2n) is 10.7. The largest absolute Gasteiger partial charge is 0.386 e. The normalized spacial score (nSPS) is 13.0. The van der Waals surface area contributed by atoms with Gasteiger partial charge < -0.3 is 25.1 Å². The number of esters is 2. The zero-order valence-electron chi connectivity index (χ0n) is 23.9. The summed E-state index contributed by atoms with van der Waals surface area (Å²) in [6.45, 7) is 1.90. The minimum absolute atomic E-state index is 0.0239. The molecule has 1 aromatic heterocycles. The van der Waals surface area contributed by atoms with Crippen LogP contribution in [0.5, 0.6) is 0 Å². The Morgan fingerprint density at radius 2 is 1.60 bits per heavy atom. The van der Waals surface area contributed by atoms with Gasteiger partial charge in [0.05, 0.1) is 11.1 Å². The van der Waals surface area contributed by atoms with Gasteiger partial charge in [-0.1, -0.05) is 61.4 Å². The molecule has 1 aliphatic rings. The molecule has 1 atom stereocenters. The van der Waals surface area contributed by atoms with Crippen LogP contribution in [0.4, 0.5) is 0 Å².